The van der Waals surface area contributed by atoms with E-state index in [4.69, 9.17) is 0 Å². The maximum atomic E-state index is 13.5. The van der Waals surface area contributed by atoms with Crippen molar-refractivity contribution in [1.29, 1.82) is 0 Å². The van der Waals surface area contributed by atoms with Gasteiger partial charge in [-0.2, -0.15) is 0 Å². The van der Waals surface area contributed by atoms with Gasteiger partial charge in [0.2, 0.25) is 0 Å². The van der Waals surface area contributed by atoms with Crippen LogP contribution in [0.1, 0.15) is 5.56 Å². The first-order chi connectivity index (χ1) is 9.56. The third-order valence-electron chi connectivity index (χ3n) is 2.47. The Hall–Kier alpha value is -2.02. The van der Waals surface area contributed by atoms with Gasteiger partial charge in [0.25, 0.3) is 0 Å². The Kier molecular flexibility index (Phi) is 4.62. The molecule has 0 aliphatic carbocycles. The molecule has 0 spiro atoms. The standard InChI is InChI=1S/C13H10BrF2N3O/c14-11-5-8(15)6-12(16)10(11)7-18-13(20)19-9-1-3-17-4-2-9/h1-6H,7H2,(H2,17,18,19,20). The molecule has 104 valence electrons. The van der Waals surface area contributed by atoms with Gasteiger partial charge in [-0.05, 0) is 18.2 Å². The predicted octanol–water partition coefficient (Wildman–Crippen LogP) is 3.44. The molecule has 4 nitrogen and oxygen atoms in total. The van der Waals surface area contributed by atoms with E-state index in [1.54, 1.807) is 12.1 Å². The van der Waals surface area contributed by atoms with E-state index >= 15 is 0 Å². The van der Waals surface area contributed by atoms with Gasteiger partial charge in [-0.15, -0.1) is 0 Å². The summed E-state index contributed by atoms with van der Waals surface area (Å²) >= 11 is 3.05. The number of hydrogen-bond acceptors (Lipinski definition) is 2. The van der Waals surface area contributed by atoms with Crippen LogP contribution in [-0.4, -0.2) is 11.0 Å². The molecular weight excluding hydrogens is 332 g/mol. The minimum Gasteiger partial charge on any atom is -0.334 e. The maximum absolute atomic E-state index is 13.5. The van der Waals surface area contributed by atoms with Gasteiger partial charge in [0.15, 0.2) is 0 Å². The molecule has 0 fully saturated rings. The van der Waals surface area contributed by atoms with Crippen LogP contribution in [0.25, 0.3) is 0 Å². The molecule has 0 saturated heterocycles. The molecule has 1 aromatic carbocycles. The van der Waals surface area contributed by atoms with Crippen LogP contribution in [0.3, 0.4) is 0 Å². The number of nitrogens with one attached hydrogen (secondary N) is 2. The molecule has 0 atom stereocenters. The largest absolute Gasteiger partial charge is 0.334 e. The summed E-state index contributed by atoms with van der Waals surface area (Å²) in [6.07, 6.45) is 3.07. The van der Waals surface area contributed by atoms with Crippen molar-refractivity contribution in [2.24, 2.45) is 0 Å². The lowest BCUT2D eigenvalue weighted by Crippen LogP contribution is -2.28. The van der Waals surface area contributed by atoms with E-state index in [2.05, 4.69) is 31.5 Å². The molecular formula is C13H10BrF2N3O. The average molecular weight is 342 g/mol. The number of urea groups is 1. The second-order valence-corrected chi connectivity index (χ2v) is 4.75. The van der Waals surface area contributed by atoms with Crippen molar-refractivity contribution in [3.8, 4) is 0 Å². The molecule has 20 heavy (non-hydrogen) atoms. The highest BCUT2D eigenvalue weighted by Crippen LogP contribution is 2.21. The normalized spacial score (nSPS) is 10.2. The van der Waals surface area contributed by atoms with Gasteiger partial charge in [0.1, 0.15) is 11.6 Å². The van der Waals surface area contributed by atoms with E-state index in [0.29, 0.717) is 5.69 Å². The number of amides is 2. The zero-order valence-electron chi connectivity index (χ0n) is 10.2. The second kappa shape index (κ2) is 6.42. The number of hydrogen-bond donors (Lipinski definition) is 2. The topological polar surface area (TPSA) is 54.0 Å². The Bertz CT molecular complexity index is 599. The summed E-state index contributed by atoms with van der Waals surface area (Å²) in [5.41, 5.74) is 0.743. The Morgan fingerprint density at radius 2 is 1.95 bits per heavy atom. The van der Waals surface area contributed by atoms with Gasteiger partial charge < -0.3 is 10.6 Å². The number of halogens is 3. The van der Waals surface area contributed by atoms with E-state index in [0.717, 1.165) is 12.1 Å². The van der Waals surface area contributed by atoms with E-state index in [9.17, 15) is 13.6 Å². The van der Waals surface area contributed by atoms with Crippen molar-refractivity contribution >= 4 is 27.6 Å². The molecule has 0 saturated carbocycles. The number of nitrogens with zero attached hydrogens (tertiary/aromatic N) is 1. The lowest BCUT2D eigenvalue weighted by atomic mass is 10.2. The summed E-state index contributed by atoms with van der Waals surface area (Å²) in [6, 6.07) is 4.65. The monoisotopic (exact) mass is 341 g/mol. The van der Waals surface area contributed by atoms with Crippen molar-refractivity contribution < 1.29 is 13.6 Å². The fourth-order valence-corrected chi connectivity index (χ4v) is 2.07. The van der Waals surface area contributed by atoms with Gasteiger partial charge in [0.05, 0.1) is 0 Å². The highest BCUT2D eigenvalue weighted by atomic mass is 79.9. The van der Waals surface area contributed by atoms with Crippen molar-refractivity contribution in [3.05, 3.63) is 58.3 Å². The first-order valence-corrected chi connectivity index (χ1v) is 6.44. The Morgan fingerprint density at radius 1 is 1.25 bits per heavy atom. The quantitative estimate of drug-likeness (QED) is 0.898. The maximum Gasteiger partial charge on any atom is 0.319 e. The number of benzene rings is 1. The fourth-order valence-electron chi connectivity index (χ4n) is 1.52. The summed E-state index contributed by atoms with van der Waals surface area (Å²) in [4.78, 5) is 15.4. The molecule has 1 aromatic heterocycles. The predicted molar refractivity (Wildman–Crippen MR) is 74.2 cm³/mol. The van der Waals surface area contributed by atoms with Gasteiger partial charge in [-0.1, -0.05) is 15.9 Å². The second-order valence-electron chi connectivity index (χ2n) is 3.89. The number of rotatable bonds is 3. The van der Waals surface area contributed by atoms with E-state index in [-0.39, 0.29) is 16.6 Å². The van der Waals surface area contributed by atoms with Crippen LogP contribution in [0.15, 0.2) is 41.1 Å². The number of anilines is 1. The van der Waals surface area contributed by atoms with Crippen molar-refractivity contribution in [1.82, 2.24) is 10.3 Å². The van der Waals surface area contributed by atoms with Crippen LogP contribution in [0, 0.1) is 11.6 Å². The molecule has 0 bridgehead atoms. The molecule has 2 N–H and O–H groups in total. The zero-order chi connectivity index (χ0) is 14.5. The summed E-state index contributed by atoms with van der Waals surface area (Å²) in [5, 5.41) is 5.05. The number of carbonyl (C=O) groups is 1. The molecule has 2 rings (SSSR count). The summed E-state index contributed by atoms with van der Waals surface area (Å²) in [5.74, 6) is -1.40. The highest BCUT2D eigenvalue weighted by molar-refractivity contribution is 9.10. The lowest BCUT2D eigenvalue weighted by Gasteiger charge is -2.09. The summed E-state index contributed by atoms with van der Waals surface area (Å²) in [6.45, 7) is -0.0659. The van der Waals surface area contributed by atoms with E-state index in [1.807, 2.05) is 0 Å². The van der Waals surface area contributed by atoms with Crippen LogP contribution in [0.4, 0.5) is 19.3 Å². The lowest BCUT2D eigenvalue weighted by molar-refractivity contribution is 0.251. The molecule has 2 aromatic rings. The SMILES string of the molecule is O=C(NCc1c(F)cc(F)cc1Br)Nc1ccncc1. The molecule has 0 unspecified atom stereocenters. The third kappa shape index (κ3) is 3.74. The molecule has 0 aliphatic rings. The Labute approximate surface area is 122 Å². The first kappa shape index (κ1) is 14.4. The molecule has 7 heteroatoms. The minimum atomic E-state index is -0.721. The molecule has 0 radical (unpaired) electrons. The average Bonchev–Trinajstić information content (AvgIpc) is 2.38. The van der Waals surface area contributed by atoms with Crippen LogP contribution in [0.2, 0.25) is 0 Å². The van der Waals surface area contributed by atoms with Gasteiger partial charge in [-0.25, -0.2) is 13.6 Å². The van der Waals surface area contributed by atoms with E-state index in [1.165, 1.54) is 12.4 Å². The van der Waals surface area contributed by atoms with Crippen molar-refractivity contribution in [3.63, 3.8) is 0 Å². The summed E-state index contributed by atoms with van der Waals surface area (Å²) < 4.78 is 26.7. The van der Waals surface area contributed by atoms with Gasteiger partial charge in [0, 0.05) is 40.7 Å². The van der Waals surface area contributed by atoms with Crippen LogP contribution < -0.4 is 10.6 Å². The summed E-state index contributed by atoms with van der Waals surface area (Å²) in [7, 11) is 0. The zero-order valence-corrected chi connectivity index (χ0v) is 11.7. The first-order valence-electron chi connectivity index (χ1n) is 5.64. The van der Waals surface area contributed by atoms with Crippen LogP contribution in [-0.2, 0) is 6.54 Å². The Balaban J connectivity index is 1.97. The molecule has 2 amide bonds. The van der Waals surface area contributed by atoms with Crippen molar-refractivity contribution in [2.75, 3.05) is 5.32 Å². The van der Waals surface area contributed by atoms with Crippen LogP contribution in [0.5, 0.6) is 0 Å². The minimum absolute atomic E-state index is 0.0659. The van der Waals surface area contributed by atoms with Crippen LogP contribution >= 0.6 is 15.9 Å². The third-order valence-corrected chi connectivity index (χ3v) is 3.18. The number of aromatic nitrogens is 1. The van der Waals surface area contributed by atoms with Crippen molar-refractivity contribution in [2.45, 2.75) is 6.54 Å². The van der Waals surface area contributed by atoms with E-state index < -0.39 is 17.7 Å². The fraction of sp³-hybridized carbons (Fsp3) is 0.0769. The molecule has 0 aliphatic heterocycles. The number of pyridine rings is 1. The van der Waals surface area contributed by atoms with Gasteiger partial charge >= 0.3 is 6.03 Å². The van der Waals surface area contributed by atoms with Gasteiger partial charge in [-0.3, -0.25) is 4.98 Å². The smallest absolute Gasteiger partial charge is 0.319 e. The number of carbonyl (C=O) groups excluding carboxylic acids is 1. The molecule has 1 heterocycles. The highest BCUT2D eigenvalue weighted by Gasteiger charge is 2.11. The Morgan fingerprint density at radius 3 is 2.60 bits per heavy atom.